The Hall–Kier alpha value is -0.640. The van der Waals surface area contributed by atoms with Crippen LogP contribution >= 0.6 is 27.3 Å². The average molecular weight is 370 g/mol. The van der Waals surface area contributed by atoms with Gasteiger partial charge in [-0.1, -0.05) is 12.1 Å². The van der Waals surface area contributed by atoms with Gasteiger partial charge in [-0.2, -0.15) is 4.31 Å². The number of thiophene rings is 1. The molecule has 0 aliphatic heterocycles. The van der Waals surface area contributed by atoms with Crippen LogP contribution in [0.15, 0.2) is 19.9 Å². The highest BCUT2D eigenvalue weighted by molar-refractivity contribution is 9.11. The number of nitrogens with zero attached hydrogens (tertiary/aromatic N) is 2. The van der Waals surface area contributed by atoms with Crippen molar-refractivity contribution < 1.29 is 13.6 Å². The largest absolute Gasteiger partial charge is 0.409 e. The Kier molecular flexibility index (Phi) is 5.78. The molecule has 0 aliphatic rings. The number of sulfonamides is 1. The summed E-state index contributed by atoms with van der Waals surface area (Å²) >= 11 is 4.63. The van der Waals surface area contributed by atoms with Gasteiger partial charge in [0, 0.05) is 11.4 Å². The van der Waals surface area contributed by atoms with E-state index in [0.717, 1.165) is 3.79 Å². The van der Waals surface area contributed by atoms with Gasteiger partial charge in [-0.25, -0.2) is 8.42 Å². The number of hydrogen-bond donors (Lipinski definition) is 2. The number of amidine groups is 1. The quantitative estimate of drug-likeness (QED) is 0.346. The van der Waals surface area contributed by atoms with Crippen LogP contribution in [0.25, 0.3) is 0 Å². The fourth-order valence-corrected chi connectivity index (χ4v) is 5.46. The molecule has 108 valence electrons. The molecule has 0 saturated heterocycles. The summed E-state index contributed by atoms with van der Waals surface area (Å²) in [6.07, 6.45) is 0.641. The summed E-state index contributed by atoms with van der Waals surface area (Å²) in [5, 5.41) is 11.4. The van der Waals surface area contributed by atoms with Crippen molar-refractivity contribution in [3.05, 3.63) is 14.7 Å². The summed E-state index contributed by atoms with van der Waals surface area (Å²) in [4.78, 5) is 0.955. The zero-order valence-electron chi connectivity index (χ0n) is 10.6. The van der Waals surface area contributed by atoms with E-state index in [-0.39, 0.29) is 17.3 Å². The second-order valence-electron chi connectivity index (χ2n) is 3.90. The van der Waals surface area contributed by atoms with Gasteiger partial charge in [0.25, 0.3) is 0 Å². The first kappa shape index (κ1) is 16.4. The van der Waals surface area contributed by atoms with Gasteiger partial charge in [0.15, 0.2) is 5.84 Å². The van der Waals surface area contributed by atoms with Gasteiger partial charge in [0.05, 0.1) is 15.2 Å². The lowest BCUT2D eigenvalue weighted by atomic mass is 10.4. The monoisotopic (exact) mass is 369 g/mol. The maximum absolute atomic E-state index is 12.5. The first-order valence-corrected chi connectivity index (χ1v) is 8.60. The third kappa shape index (κ3) is 3.91. The molecule has 1 rings (SSSR count). The molecule has 0 bridgehead atoms. The first-order valence-electron chi connectivity index (χ1n) is 5.55. The summed E-state index contributed by atoms with van der Waals surface area (Å²) in [7, 11) is -3.64. The fourth-order valence-electron chi connectivity index (χ4n) is 1.57. The van der Waals surface area contributed by atoms with E-state index < -0.39 is 10.0 Å². The van der Waals surface area contributed by atoms with Crippen molar-refractivity contribution in [2.24, 2.45) is 10.9 Å². The van der Waals surface area contributed by atoms with Crippen LogP contribution in [0, 0.1) is 6.92 Å². The van der Waals surface area contributed by atoms with Gasteiger partial charge in [-0.05, 0) is 35.3 Å². The lowest BCUT2D eigenvalue weighted by molar-refractivity contribution is 0.314. The van der Waals surface area contributed by atoms with E-state index in [1.165, 1.54) is 15.6 Å². The molecule has 1 aromatic heterocycles. The highest BCUT2D eigenvalue weighted by Crippen LogP contribution is 2.31. The van der Waals surface area contributed by atoms with Crippen molar-refractivity contribution in [2.75, 3.05) is 13.1 Å². The smallest absolute Gasteiger partial charge is 0.244 e. The molecule has 0 fully saturated rings. The Morgan fingerprint density at radius 3 is 2.68 bits per heavy atom. The van der Waals surface area contributed by atoms with Gasteiger partial charge < -0.3 is 10.9 Å². The Balaban J connectivity index is 3.16. The predicted molar refractivity (Wildman–Crippen MR) is 79.2 cm³/mol. The van der Waals surface area contributed by atoms with Crippen LogP contribution in [-0.2, 0) is 10.0 Å². The van der Waals surface area contributed by atoms with E-state index in [1.807, 2.05) is 6.92 Å². The summed E-state index contributed by atoms with van der Waals surface area (Å²) < 4.78 is 27.0. The summed E-state index contributed by atoms with van der Waals surface area (Å²) in [5.74, 6) is -0.135. The molecular formula is C10H16BrN3O3S2. The summed E-state index contributed by atoms with van der Waals surface area (Å²) in [6.45, 7) is 3.80. The summed E-state index contributed by atoms with van der Waals surface area (Å²) in [6, 6.07) is 1.57. The van der Waals surface area contributed by atoms with Crippen LogP contribution in [-0.4, -0.2) is 36.9 Å². The zero-order chi connectivity index (χ0) is 14.6. The molecule has 0 atom stereocenters. The van der Waals surface area contributed by atoms with Gasteiger partial charge >= 0.3 is 0 Å². The first-order chi connectivity index (χ1) is 8.82. The van der Waals surface area contributed by atoms with Crippen molar-refractivity contribution in [1.29, 1.82) is 0 Å². The molecule has 0 amide bonds. The Morgan fingerprint density at radius 2 is 2.26 bits per heavy atom. The lowest BCUT2D eigenvalue weighted by Gasteiger charge is -2.20. The van der Waals surface area contributed by atoms with E-state index in [4.69, 9.17) is 10.9 Å². The van der Waals surface area contributed by atoms with Crippen LogP contribution < -0.4 is 5.73 Å². The van der Waals surface area contributed by atoms with Crippen molar-refractivity contribution in [2.45, 2.75) is 25.2 Å². The van der Waals surface area contributed by atoms with Crippen LogP contribution in [0.5, 0.6) is 0 Å². The van der Waals surface area contributed by atoms with Gasteiger partial charge in [0.2, 0.25) is 10.0 Å². The number of hydrogen-bond acceptors (Lipinski definition) is 5. The van der Waals surface area contributed by atoms with Crippen molar-refractivity contribution in [1.82, 2.24) is 4.31 Å². The zero-order valence-corrected chi connectivity index (χ0v) is 13.8. The molecule has 0 aromatic carbocycles. The normalized spacial score (nSPS) is 13.2. The molecule has 1 aromatic rings. The fraction of sp³-hybridized carbons (Fsp3) is 0.500. The summed E-state index contributed by atoms with van der Waals surface area (Å²) in [5.41, 5.74) is 5.41. The van der Waals surface area contributed by atoms with Crippen LogP contribution in [0.4, 0.5) is 0 Å². The number of rotatable bonds is 6. The standard InChI is InChI=1S/C10H16BrN3O3S2/c1-3-4-14(6-10(12)13-15)19(16,17)8-5-9(11)18-7(8)2/h5,15H,3-4,6H2,1-2H3,(H2,12,13). The van der Waals surface area contributed by atoms with Gasteiger partial charge in [-0.15, -0.1) is 11.3 Å². The minimum absolute atomic E-state index is 0.125. The van der Waals surface area contributed by atoms with Crippen LogP contribution in [0.3, 0.4) is 0 Å². The van der Waals surface area contributed by atoms with Crippen molar-refractivity contribution >= 4 is 43.1 Å². The number of halogens is 1. The third-order valence-corrected chi connectivity index (χ3v) is 6.05. The van der Waals surface area contributed by atoms with E-state index in [1.54, 1.807) is 13.0 Å². The second-order valence-corrected chi connectivity index (χ2v) is 8.44. The van der Waals surface area contributed by atoms with Crippen LogP contribution in [0.2, 0.25) is 0 Å². The number of nitrogens with two attached hydrogens (primary N) is 1. The number of aryl methyl sites for hydroxylation is 1. The Labute approximate surface area is 125 Å². The van der Waals surface area contributed by atoms with E-state index in [0.29, 0.717) is 17.8 Å². The van der Waals surface area contributed by atoms with Crippen molar-refractivity contribution in [3.63, 3.8) is 0 Å². The van der Waals surface area contributed by atoms with E-state index >= 15 is 0 Å². The van der Waals surface area contributed by atoms with E-state index in [2.05, 4.69) is 21.1 Å². The topological polar surface area (TPSA) is 96.0 Å². The molecular weight excluding hydrogens is 354 g/mol. The van der Waals surface area contributed by atoms with Gasteiger partial charge in [-0.3, -0.25) is 0 Å². The Bertz CT molecular complexity index is 569. The Morgan fingerprint density at radius 1 is 1.63 bits per heavy atom. The second kappa shape index (κ2) is 6.69. The molecule has 0 spiro atoms. The molecule has 1 heterocycles. The molecule has 9 heteroatoms. The molecule has 0 radical (unpaired) electrons. The molecule has 3 N–H and O–H groups in total. The molecule has 0 unspecified atom stereocenters. The lowest BCUT2D eigenvalue weighted by Crippen LogP contribution is -2.39. The van der Waals surface area contributed by atoms with E-state index in [9.17, 15) is 8.42 Å². The minimum Gasteiger partial charge on any atom is -0.409 e. The van der Waals surface area contributed by atoms with Crippen LogP contribution in [0.1, 0.15) is 18.2 Å². The highest BCUT2D eigenvalue weighted by atomic mass is 79.9. The SMILES string of the molecule is CCCN(CC(N)=NO)S(=O)(=O)c1cc(Br)sc1C. The van der Waals surface area contributed by atoms with Crippen molar-refractivity contribution in [3.8, 4) is 0 Å². The maximum atomic E-state index is 12.5. The molecule has 0 aliphatic carbocycles. The highest BCUT2D eigenvalue weighted by Gasteiger charge is 2.27. The molecule has 6 nitrogen and oxygen atoms in total. The predicted octanol–water partition coefficient (Wildman–Crippen LogP) is 1.97. The average Bonchev–Trinajstić information content (AvgIpc) is 2.68. The van der Waals surface area contributed by atoms with Gasteiger partial charge in [0.1, 0.15) is 0 Å². The number of oxime groups is 1. The minimum atomic E-state index is -3.64. The maximum Gasteiger partial charge on any atom is 0.244 e. The molecule has 19 heavy (non-hydrogen) atoms. The third-order valence-electron chi connectivity index (χ3n) is 2.40. The molecule has 0 saturated carbocycles.